The Labute approximate surface area is 135 Å². The lowest BCUT2D eigenvalue weighted by Crippen LogP contribution is -2.35. The average Bonchev–Trinajstić information content (AvgIpc) is 2.96. The van der Waals surface area contributed by atoms with Crippen molar-refractivity contribution in [3.8, 4) is 5.75 Å². The summed E-state index contributed by atoms with van der Waals surface area (Å²) in [6, 6.07) is 5.74. The van der Waals surface area contributed by atoms with E-state index < -0.39 is 23.8 Å². The van der Waals surface area contributed by atoms with Crippen molar-refractivity contribution in [2.45, 2.75) is 19.2 Å². The Balaban J connectivity index is 1.81. The third-order valence-corrected chi connectivity index (χ3v) is 2.95. The van der Waals surface area contributed by atoms with Crippen LogP contribution in [0, 0.1) is 6.92 Å². The molecule has 2 N–H and O–H groups in total. The zero-order valence-electron chi connectivity index (χ0n) is 12.6. The van der Waals surface area contributed by atoms with E-state index in [1.165, 1.54) is 18.2 Å². The maximum Gasteiger partial charge on any atom is 0.416 e. The number of nitrogens with zero attached hydrogens (tertiary/aromatic N) is 1. The summed E-state index contributed by atoms with van der Waals surface area (Å²) in [5.41, 5.74) is -0.308. The van der Waals surface area contributed by atoms with E-state index >= 15 is 0 Å². The van der Waals surface area contributed by atoms with Crippen LogP contribution in [0.5, 0.6) is 5.75 Å². The number of amides is 1. The lowest BCUT2D eigenvalue weighted by Gasteiger charge is -2.14. The predicted octanol–water partition coefficient (Wildman–Crippen LogP) is 2.17. The number of aliphatic hydroxyl groups is 1. The van der Waals surface area contributed by atoms with Crippen LogP contribution in [0.15, 0.2) is 34.9 Å². The average molecular weight is 344 g/mol. The van der Waals surface area contributed by atoms with E-state index in [0.29, 0.717) is 5.69 Å². The molecule has 0 aliphatic rings. The van der Waals surface area contributed by atoms with Crippen molar-refractivity contribution in [3.05, 3.63) is 47.3 Å². The summed E-state index contributed by atoms with van der Waals surface area (Å²) >= 11 is 0. The molecule has 0 unspecified atom stereocenters. The van der Waals surface area contributed by atoms with E-state index in [0.717, 1.165) is 12.1 Å². The summed E-state index contributed by atoms with van der Waals surface area (Å²) in [5.74, 6) is -0.590. The SMILES string of the molecule is Cc1cc(C(=O)NC[C@@H](O)COc2cccc(C(F)(F)F)c2)on1. The quantitative estimate of drug-likeness (QED) is 0.839. The van der Waals surface area contributed by atoms with Gasteiger partial charge in [0.05, 0.1) is 11.3 Å². The van der Waals surface area contributed by atoms with Gasteiger partial charge in [-0.2, -0.15) is 13.2 Å². The minimum atomic E-state index is -4.47. The fourth-order valence-corrected chi connectivity index (χ4v) is 1.78. The third kappa shape index (κ3) is 4.98. The molecule has 0 saturated heterocycles. The van der Waals surface area contributed by atoms with Crippen molar-refractivity contribution in [1.29, 1.82) is 0 Å². The van der Waals surface area contributed by atoms with Gasteiger partial charge in [-0.1, -0.05) is 11.2 Å². The number of aromatic nitrogens is 1. The number of carbonyl (C=O) groups is 1. The van der Waals surface area contributed by atoms with Crippen LogP contribution in [0.3, 0.4) is 0 Å². The third-order valence-electron chi connectivity index (χ3n) is 2.95. The summed E-state index contributed by atoms with van der Waals surface area (Å²) in [7, 11) is 0. The van der Waals surface area contributed by atoms with Gasteiger partial charge in [0.25, 0.3) is 5.91 Å². The molecule has 0 saturated carbocycles. The second-order valence-electron chi connectivity index (χ2n) is 5.03. The first kappa shape index (κ1) is 17.8. The molecule has 130 valence electrons. The largest absolute Gasteiger partial charge is 0.491 e. The number of aliphatic hydroxyl groups excluding tert-OH is 1. The summed E-state index contributed by atoms with van der Waals surface area (Å²) in [6.07, 6.45) is -5.58. The van der Waals surface area contributed by atoms with E-state index in [9.17, 15) is 23.1 Å². The van der Waals surface area contributed by atoms with Crippen molar-refractivity contribution in [1.82, 2.24) is 10.5 Å². The van der Waals surface area contributed by atoms with Crippen LogP contribution in [0.4, 0.5) is 13.2 Å². The summed E-state index contributed by atoms with van der Waals surface area (Å²) < 4.78 is 47.6. The highest BCUT2D eigenvalue weighted by atomic mass is 19.4. The molecule has 0 bridgehead atoms. The number of halogens is 3. The first-order chi connectivity index (χ1) is 11.3. The van der Waals surface area contributed by atoms with Crippen molar-refractivity contribution in [2.75, 3.05) is 13.2 Å². The van der Waals surface area contributed by atoms with Gasteiger partial charge in [0.15, 0.2) is 0 Å². The monoisotopic (exact) mass is 344 g/mol. The van der Waals surface area contributed by atoms with Gasteiger partial charge in [0.1, 0.15) is 18.5 Å². The van der Waals surface area contributed by atoms with E-state index in [-0.39, 0.29) is 24.7 Å². The maximum absolute atomic E-state index is 12.6. The molecule has 2 rings (SSSR count). The minimum Gasteiger partial charge on any atom is -0.491 e. The Morgan fingerprint density at radius 1 is 1.42 bits per heavy atom. The zero-order chi connectivity index (χ0) is 17.7. The van der Waals surface area contributed by atoms with Crippen LogP contribution in [-0.2, 0) is 6.18 Å². The van der Waals surface area contributed by atoms with E-state index in [4.69, 9.17) is 9.26 Å². The van der Waals surface area contributed by atoms with Crippen molar-refractivity contribution in [2.24, 2.45) is 0 Å². The molecule has 0 radical (unpaired) electrons. The molecule has 1 atom stereocenters. The molecular weight excluding hydrogens is 329 g/mol. The number of carbonyl (C=O) groups excluding carboxylic acids is 1. The number of nitrogens with one attached hydrogen (secondary N) is 1. The second kappa shape index (κ2) is 7.35. The van der Waals surface area contributed by atoms with Crippen LogP contribution in [0.1, 0.15) is 21.8 Å². The van der Waals surface area contributed by atoms with E-state index in [2.05, 4.69) is 10.5 Å². The molecule has 6 nitrogen and oxygen atoms in total. The van der Waals surface area contributed by atoms with Crippen LogP contribution >= 0.6 is 0 Å². The molecule has 9 heteroatoms. The van der Waals surface area contributed by atoms with Gasteiger partial charge in [0.2, 0.25) is 5.76 Å². The minimum absolute atomic E-state index is 0.00139. The molecule has 0 aliphatic heterocycles. The summed E-state index contributed by atoms with van der Waals surface area (Å²) in [5, 5.41) is 15.7. The molecule has 1 amide bonds. The van der Waals surface area contributed by atoms with Crippen LogP contribution in [-0.4, -0.2) is 35.4 Å². The van der Waals surface area contributed by atoms with Crippen LogP contribution < -0.4 is 10.1 Å². The van der Waals surface area contributed by atoms with Gasteiger partial charge in [0, 0.05) is 12.6 Å². The molecular formula is C15H15F3N2O4. The number of alkyl halides is 3. The highest BCUT2D eigenvalue weighted by molar-refractivity contribution is 5.91. The number of hydrogen-bond donors (Lipinski definition) is 2. The van der Waals surface area contributed by atoms with Crippen molar-refractivity contribution < 1.29 is 32.3 Å². The Morgan fingerprint density at radius 2 is 2.17 bits per heavy atom. The standard InChI is InChI=1S/C15H15F3N2O4/c1-9-5-13(24-20-9)14(22)19-7-11(21)8-23-12-4-2-3-10(6-12)15(16,17)18/h2-6,11,21H,7-8H2,1H3,(H,19,22)/t11-/m1/s1. The Bertz CT molecular complexity index is 700. The van der Waals surface area contributed by atoms with Gasteiger partial charge in [-0.05, 0) is 25.1 Å². The number of rotatable bonds is 6. The Morgan fingerprint density at radius 3 is 2.79 bits per heavy atom. The molecule has 1 heterocycles. The second-order valence-corrected chi connectivity index (χ2v) is 5.03. The van der Waals surface area contributed by atoms with Gasteiger partial charge < -0.3 is 19.7 Å². The molecule has 0 fully saturated rings. The molecule has 1 aromatic heterocycles. The van der Waals surface area contributed by atoms with E-state index in [1.54, 1.807) is 6.92 Å². The first-order valence-corrected chi connectivity index (χ1v) is 6.95. The molecule has 2 aromatic rings. The molecule has 0 spiro atoms. The zero-order valence-corrected chi connectivity index (χ0v) is 12.6. The van der Waals surface area contributed by atoms with Crippen LogP contribution in [0.2, 0.25) is 0 Å². The normalized spacial score (nSPS) is 12.7. The van der Waals surface area contributed by atoms with E-state index in [1.807, 2.05) is 0 Å². The van der Waals surface area contributed by atoms with Gasteiger partial charge in [-0.15, -0.1) is 0 Å². The summed E-state index contributed by atoms with van der Waals surface area (Å²) in [4.78, 5) is 11.7. The molecule has 0 aliphatic carbocycles. The van der Waals surface area contributed by atoms with Crippen LogP contribution in [0.25, 0.3) is 0 Å². The lowest BCUT2D eigenvalue weighted by atomic mass is 10.2. The maximum atomic E-state index is 12.6. The topological polar surface area (TPSA) is 84.6 Å². The first-order valence-electron chi connectivity index (χ1n) is 6.95. The highest BCUT2D eigenvalue weighted by Gasteiger charge is 2.30. The predicted molar refractivity (Wildman–Crippen MR) is 76.5 cm³/mol. The Kier molecular flexibility index (Phi) is 5.45. The van der Waals surface area contributed by atoms with Gasteiger partial charge >= 0.3 is 6.18 Å². The molecule has 24 heavy (non-hydrogen) atoms. The fraction of sp³-hybridized carbons (Fsp3) is 0.333. The smallest absolute Gasteiger partial charge is 0.416 e. The number of ether oxygens (including phenoxy) is 1. The number of benzene rings is 1. The lowest BCUT2D eigenvalue weighted by molar-refractivity contribution is -0.137. The number of aryl methyl sites for hydroxylation is 1. The summed E-state index contributed by atoms with van der Waals surface area (Å²) in [6.45, 7) is 1.21. The highest BCUT2D eigenvalue weighted by Crippen LogP contribution is 2.31. The Hall–Kier alpha value is -2.55. The fourth-order valence-electron chi connectivity index (χ4n) is 1.78. The van der Waals surface area contributed by atoms with Gasteiger partial charge in [-0.3, -0.25) is 4.79 Å². The number of hydrogen-bond acceptors (Lipinski definition) is 5. The molecule has 1 aromatic carbocycles. The van der Waals surface area contributed by atoms with Crippen molar-refractivity contribution in [3.63, 3.8) is 0 Å². The van der Waals surface area contributed by atoms with Crippen molar-refractivity contribution >= 4 is 5.91 Å². The van der Waals surface area contributed by atoms with Gasteiger partial charge in [-0.25, -0.2) is 0 Å².